The molecule has 1 aromatic heterocycles. The van der Waals surface area contributed by atoms with Crippen molar-refractivity contribution in [3.05, 3.63) is 65.2 Å². The number of likely N-dealkylation sites (tertiary alicyclic amines) is 1. The number of piperidine rings is 1. The summed E-state index contributed by atoms with van der Waals surface area (Å²) in [5, 5.41) is 4.38. The molecule has 1 aliphatic heterocycles. The standard InChI is InChI=1S/C27H41N5/c1-8-27(25-13-11-10-12-14-25)15-17-32(18-16-27)23(5)26(21(3)28-9-2)31(7)22(4)24-19-29-30(6)20-24/h10-14,19-20,22H,8-9,15-18H2,1-7H3/b26-23-,28-21?. The zero-order chi connectivity index (χ0) is 23.3. The summed E-state index contributed by atoms with van der Waals surface area (Å²) < 4.78 is 1.88. The number of nitrogens with zero attached hydrogens (tertiary/aromatic N) is 5. The monoisotopic (exact) mass is 435 g/mol. The number of hydrogen-bond donors (Lipinski definition) is 0. The molecular weight excluding hydrogens is 394 g/mol. The second-order valence-corrected chi connectivity index (χ2v) is 9.21. The minimum absolute atomic E-state index is 0.222. The van der Waals surface area contributed by atoms with Gasteiger partial charge < -0.3 is 9.80 Å². The SMILES string of the molecule is CCN=C(C)/C(=C(\C)N1CCC(CC)(c2ccccc2)CC1)N(C)C(C)c1cnn(C)c1. The predicted molar refractivity (Wildman–Crippen MR) is 135 cm³/mol. The lowest BCUT2D eigenvalue weighted by atomic mass is 9.71. The van der Waals surface area contributed by atoms with Gasteiger partial charge in [-0.2, -0.15) is 5.10 Å². The summed E-state index contributed by atoms with van der Waals surface area (Å²) in [5.41, 5.74) is 6.69. The van der Waals surface area contributed by atoms with Crippen molar-refractivity contribution in [3.8, 4) is 0 Å². The Labute approximate surface area is 194 Å². The van der Waals surface area contributed by atoms with Crippen LogP contribution in [0, 0.1) is 0 Å². The fourth-order valence-electron chi connectivity index (χ4n) is 5.22. The highest BCUT2D eigenvalue weighted by atomic mass is 15.3. The van der Waals surface area contributed by atoms with E-state index in [-0.39, 0.29) is 6.04 Å². The maximum atomic E-state index is 4.81. The van der Waals surface area contributed by atoms with Crippen LogP contribution in [0.5, 0.6) is 0 Å². The molecule has 1 saturated heterocycles. The molecule has 0 radical (unpaired) electrons. The van der Waals surface area contributed by atoms with Gasteiger partial charge in [-0.15, -0.1) is 0 Å². The number of hydrogen-bond acceptors (Lipinski definition) is 4. The smallest absolute Gasteiger partial charge is 0.0771 e. The molecule has 5 heteroatoms. The van der Waals surface area contributed by atoms with E-state index in [0.29, 0.717) is 5.41 Å². The average molecular weight is 436 g/mol. The summed E-state index contributed by atoms with van der Waals surface area (Å²) in [6.07, 6.45) is 7.64. The van der Waals surface area contributed by atoms with Crippen molar-refractivity contribution in [2.75, 3.05) is 26.7 Å². The van der Waals surface area contributed by atoms with E-state index >= 15 is 0 Å². The van der Waals surface area contributed by atoms with E-state index in [9.17, 15) is 0 Å². The predicted octanol–water partition coefficient (Wildman–Crippen LogP) is 5.57. The van der Waals surface area contributed by atoms with Crippen LogP contribution in [0.1, 0.15) is 71.0 Å². The Hall–Kier alpha value is -2.56. The highest BCUT2D eigenvalue weighted by Crippen LogP contribution is 2.39. The van der Waals surface area contributed by atoms with Crippen molar-refractivity contribution in [1.82, 2.24) is 19.6 Å². The van der Waals surface area contributed by atoms with Gasteiger partial charge in [-0.1, -0.05) is 37.3 Å². The van der Waals surface area contributed by atoms with Crippen LogP contribution in [-0.2, 0) is 12.5 Å². The molecule has 174 valence electrons. The Kier molecular flexibility index (Phi) is 7.81. The Morgan fingerprint density at radius 2 is 1.81 bits per heavy atom. The van der Waals surface area contributed by atoms with Crippen LogP contribution in [0.2, 0.25) is 0 Å². The molecule has 0 bridgehead atoms. The van der Waals surface area contributed by atoms with Gasteiger partial charge in [0.1, 0.15) is 0 Å². The quantitative estimate of drug-likeness (QED) is 0.509. The first-order valence-electron chi connectivity index (χ1n) is 12.1. The summed E-state index contributed by atoms with van der Waals surface area (Å²) >= 11 is 0. The molecule has 2 heterocycles. The molecule has 5 nitrogen and oxygen atoms in total. The van der Waals surface area contributed by atoms with Crippen LogP contribution < -0.4 is 0 Å². The van der Waals surface area contributed by atoms with Crippen LogP contribution in [0.25, 0.3) is 0 Å². The summed E-state index contributed by atoms with van der Waals surface area (Å²) in [4.78, 5) is 9.76. The summed E-state index contributed by atoms with van der Waals surface area (Å²) in [6, 6.07) is 11.3. The molecule has 1 atom stereocenters. The van der Waals surface area contributed by atoms with Gasteiger partial charge in [-0.25, -0.2) is 0 Å². The van der Waals surface area contributed by atoms with E-state index in [1.54, 1.807) is 0 Å². The minimum atomic E-state index is 0.222. The van der Waals surface area contributed by atoms with Crippen LogP contribution in [0.4, 0.5) is 0 Å². The van der Waals surface area contributed by atoms with Gasteiger partial charge >= 0.3 is 0 Å². The average Bonchev–Trinajstić information content (AvgIpc) is 3.25. The van der Waals surface area contributed by atoms with E-state index in [2.05, 4.69) is 93.1 Å². The third-order valence-electron chi connectivity index (χ3n) is 7.48. The van der Waals surface area contributed by atoms with Gasteiger partial charge in [-0.3, -0.25) is 9.67 Å². The van der Waals surface area contributed by atoms with Gasteiger partial charge in [-0.05, 0) is 57.9 Å². The van der Waals surface area contributed by atoms with Crippen molar-refractivity contribution in [3.63, 3.8) is 0 Å². The summed E-state index contributed by atoms with van der Waals surface area (Å²) in [6.45, 7) is 14.1. The van der Waals surface area contributed by atoms with Crippen LogP contribution in [0.15, 0.2) is 59.1 Å². The molecule has 0 aliphatic carbocycles. The second kappa shape index (κ2) is 10.4. The molecule has 0 N–H and O–H groups in total. The number of aryl methyl sites for hydroxylation is 1. The first-order chi connectivity index (χ1) is 15.3. The zero-order valence-corrected chi connectivity index (χ0v) is 21.1. The molecule has 0 amide bonds. The van der Waals surface area contributed by atoms with E-state index in [1.807, 2.05) is 17.9 Å². The van der Waals surface area contributed by atoms with E-state index < -0.39 is 0 Å². The highest BCUT2D eigenvalue weighted by molar-refractivity contribution is 5.98. The van der Waals surface area contributed by atoms with Crippen LogP contribution in [0.3, 0.4) is 0 Å². The van der Waals surface area contributed by atoms with Gasteiger partial charge in [0.2, 0.25) is 0 Å². The lowest BCUT2D eigenvalue weighted by Gasteiger charge is -2.44. The van der Waals surface area contributed by atoms with Crippen molar-refractivity contribution in [2.45, 2.75) is 65.3 Å². The number of allylic oxidation sites excluding steroid dienone is 2. The Morgan fingerprint density at radius 1 is 1.16 bits per heavy atom. The van der Waals surface area contributed by atoms with Crippen LogP contribution in [-0.4, -0.2) is 52.0 Å². The number of benzene rings is 1. The number of rotatable bonds is 8. The number of aromatic nitrogens is 2. The molecule has 3 rings (SSSR count). The summed E-state index contributed by atoms with van der Waals surface area (Å²) in [7, 11) is 4.16. The van der Waals surface area contributed by atoms with Crippen LogP contribution >= 0.6 is 0 Å². The van der Waals surface area contributed by atoms with E-state index in [1.165, 1.54) is 41.8 Å². The first kappa shape index (κ1) is 24.1. The van der Waals surface area contributed by atoms with Crippen molar-refractivity contribution < 1.29 is 0 Å². The zero-order valence-electron chi connectivity index (χ0n) is 21.1. The third kappa shape index (κ3) is 4.92. The fourth-order valence-corrected chi connectivity index (χ4v) is 5.22. The van der Waals surface area contributed by atoms with Gasteiger partial charge in [0.25, 0.3) is 0 Å². The molecule has 0 saturated carbocycles. The van der Waals surface area contributed by atoms with Crippen molar-refractivity contribution in [2.24, 2.45) is 12.0 Å². The van der Waals surface area contributed by atoms with Gasteiger partial charge in [0.15, 0.2) is 0 Å². The van der Waals surface area contributed by atoms with Crippen molar-refractivity contribution >= 4 is 5.71 Å². The van der Waals surface area contributed by atoms with Gasteiger partial charge in [0, 0.05) is 51.2 Å². The topological polar surface area (TPSA) is 36.7 Å². The maximum absolute atomic E-state index is 4.81. The molecule has 2 aromatic rings. The fraction of sp³-hybridized carbons (Fsp3) is 0.556. The Morgan fingerprint density at radius 3 is 2.34 bits per heavy atom. The molecule has 1 aliphatic rings. The molecule has 1 unspecified atom stereocenters. The largest absolute Gasteiger partial charge is 0.373 e. The lowest BCUT2D eigenvalue weighted by Crippen LogP contribution is -2.43. The molecule has 1 aromatic carbocycles. The maximum Gasteiger partial charge on any atom is 0.0771 e. The lowest BCUT2D eigenvalue weighted by molar-refractivity contribution is 0.183. The highest BCUT2D eigenvalue weighted by Gasteiger charge is 2.35. The van der Waals surface area contributed by atoms with E-state index in [0.717, 1.165) is 25.3 Å². The molecule has 1 fully saturated rings. The Balaban J connectivity index is 1.88. The van der Waals surface area contributed by atoms with Gasteiger partial charge in [0.05, 0.1) is 23.6 Å². The molecule has 32 heavy (non-hydrogen) atoms. The summed E-state index contributed by atoms with van der Waals surface area (Å²) in [5.74, 6) is 0. The molecule has 0 spiro atoms. The first-order valence-corrected chi connectivity index (χ1v) is 12.1. The third-order valence-corrected chi connectivity index (χ3v) is 7.48. The van der Waals surface area contributed by atoms with Crippen molar-refractivity contribution in [1.29, 1.82) is 0 Å². The second-order valence-electron chi connectivity index (χ2n) is 9.21. The molecular formula is C27H41N5. The normalized spacial score (nSPS) is 18.3. The Bertz CT molecular complexity index is 932. The number of aliphatic imine (C=N–C) groups is 1. The van der Waals surface area contributed by atoms with E-state index in [4.69, 9.17) is 4.99 Å². The minimum Gasteiger partial charge on any atom is -0.373 e.